The molecule has 2 aliphatic rings. The normalized spacial score (nSPS) is 21.6. The minimum Gasteiger partial charge on any atom is -0.343 e. The molecule has 4 heteroatoms. The number of amides is 1. The molecule has 0 bridgehead atoms. The van der Waals surface area contributed by atoms with Crippen molar-refractivity contribution >= 4 is 18.3 Å². The van der Waals surface area contributed by atoms with Gasteiger partial charge >= 0.3 is 0 Å². The third-order valence-corrected chi connectivity index (χ3v) is 4.84. The van der Waals surface area contributed by atoms with E-state index in [0.29, 0.717) is 11.8 Å². The summed E-state index contributed by atoms with van der Waals surface area (Å²) in [5.41, 5.74) is 0. The van der Waals surface area contributed by atoms with Gasteiger partial charge < -0.3 is 10.2 Å². The van der Waals surface area contributed by atoms with Crippen molar-refractivity contribution < 1.29 is 4.79 Å². The summed E-state index contributed by atoms with van der Waals surface area (Å²) in [7, 11) is 0. The lowest BCUT2D eigenvalue weighted by Crippen LogP contribution is -2.41. The SMILES string of the molecule is CCNCC1CCN(C(=O)CC2CCCCC2)CC1.Cl. The average Bonchev–Trinajstić information content (AvgIpc) is 2.46. The van der Waals surface area contributed by atoms with Crippen LogP contribution in [0.1, 0.15) is 58.3 Å². The van der Waals surface area contributed by atoms with Crippen LogP contribution < -0.4 is 5.32 Å². The molecule has 1 aliphatic heterocycles. The topological polar surface area (TPSA) is 32.3 Å². The molecule has 0 unspecified atom stereocenters. The monoisotopic (exact) mass is 302 g/mol. The van der Waals surface area contributed by atoms with Crippen molar-refractivity contribution in [2.45, 2.75) is 58.3 Å². The molecule has 0 aromatic carbocycles. The Morgan fingerprint density at radius 3 is 2.30 bits per heavy atom. The van der Waals surface area contributed by atoms with Crippen molar-refractivity contribution in [3.05, 3.63) is 0 Å². The molecule has 1 saturated heterocycles. The molecule has 118 valence electrons. The number of nitrogens with zero attached hydrogens (tertiary/aromatic N) is 1. The van der Waals surface area contributed by atoms with Gasteiger partial charge in [-0.05, 0) is 50.6 Å². The highest BCUT2D eigenvalue weighted by atomic mass is 35.5. The van der Waals surface area contributed by atoms with Crippen LogP contribution in [0.5, 0.6) is 0 Å². The van der Waals surface area contributed by atoms with E-state index >= 15 is 0 Å². The summed E-state index contributed by atoms with van der Waals surface area (Å²) in [5.74, 6) is 1.88. The zero-order valence-electron chi connectivity index (χ0n) is 12.9. The van der Waals surface area contributed by atoms with Crippen molar-refractivity contribution in [2.75, 3.05) is 26.2 Å². The van der Waals surface area contributed by atoms with Crippen LogP contribution in [-0.2, 0) is 4.79 Å². The first-order valence-electron chi connectivity index (χ1n) is 8.28. The Bertz CT molecular complexity index is 272. The van der Waals surface area contributed by atoms with E-state index in [-0.39, 0.29) is 12.4 Å². The summed E-state index contributed by atoms with van der Waals surface area (Å²) in [6.45, 7) is 6.31. The first kappa shape index (κ1) is 17.8. The highest BCUT2D eigenvalue weighted by Crippen LogP contribution is 2.27. The molecule has 1 aliphatic carbocycles. The van der Waals surface area contributed by atoms with Gasteiger partial charge in [0.15, 0.2) is 0 Å². The maximum absolute atomic E-state index is 12.3. The number of likely N-dealkylation sites (tertiary alicyclic amines) is 1. The lowest BCUT2D eigenvalue weighted by atomic mass is 9.86. The van der Waals surface area contributed by atoms with Crippen molar-refractivity contribution in [3.63, 3.8) is 0 Å². The fourth-order valence-corrected chi connectivity index (χ4v) is 3.50. The molecule has 1 saturated carbocycles. The number of carbonyl (C=O) groups excluding carboxylic acids is 1. The minimum absolute atomic E-state index is 0. The minimum atomic E-state index is 0. The number of hydrogen-bond acceptors (Lipinski definition) is 2. The van der Waals surface area contributed by atoms with E-state index in [1.807, 2.05) is 0 Å². The van der Waals surface area contributed by atoms with Gasteiger partial charge in [0.1, 0.15) is 0 Å². The first-order valence-corrected chi connectivity index (χ1v) is 8.28. The van der Waals surface area contributed by atoms with Crippen LogP contribution in [0.3, 0.4) is 0 Å². The summed E-state index contributed by atoms with van der Waals surface area (Å²) in [6, 6.07) is 0. The van der Waals surface area contributed by atoms with Crippen LogP contribution in [0, 0.1) is 11.8 Å². The number of carbonyl (C=O) groups is 1. The lowest BCUT2D eigenvalue weighted by molar-refractivity contribution is -0.133. The maximum atomic E-state index is 12.3. The highest BCUT2D eigenvalue weighted by Gasteiger charge is 2.25. The predicted molar refractivity (Wildman–Crippen MR) is 86.3 cm³/mol. The third-order valence-electron chi connectivity index (χ3n) is 4.84. The Morgan fingerprint density at radius 2 is 1.70 bits per heavy atom. The van der Waals surface area contributed by atoms with Crippen molar-refractivity contribution in [1.82, 2.24) is 10.2 Å². The van der Waals surface area contributed by atoms with Crippen LogP contribution in [0.15, 0.2) is 0 Å². The molecule has 0 atom stereocenters. The van der Waals surface area contributed by atoms with E-state index in [1.54, 1.807) is 0 Å². The fraction of sp³-hybridized carbons (Fsp3) is 0.938. The molecular weight excluding hydrogens is 272 g/mol. The number of halogens is 1. The number of piperidine rings is 1. The van der Waals surface area contributed by atoms with Gasteiger partial charge in [-0.25, -0.2) is 0 Å². The van der Waals surface area contributed by atoms with Crippen molar-refractivity contribution in [2.24, 2.45) is 11.8 Å². The molecule has 20 heavy (non-hydrogen) atoms. The maximum Gasteiger partial charge on any atom is 0.222 e. The van der Waals surface area contributed by atoms with Gasteiger partial charge in [-0.3, -0.25) is 4.79 Å². The number of nitrogens with one attached hydrogen (secondary N) is 1. The van der Waals surface area contributed by atoms with Gasteiger partial charge in [-0.15, -0.1) is 12.4 Å². The molecular formula is C16H31ClN2O. The highest BCUT2D eigenvalue weighted by molar-refractivity contribution is 5.85. The second-order valence-electron chi connectivity index (χ2n) is 6.34. The van der Waals surface area contributed by atoms with Crippen LogP contribution in [0.4, 0.5) is 0 Å². The first-order chi connectivity index (χ1) is 9.29. The van der Waals surface area contributed by atoms with E-state index in [4.69, 9.17) is 0 Å². The summed E-state index contributed by atoms with van der Waals surface area (Å²) < 4.78 is 0. The van der Waals surface area contributed by atoms with Gasteiger partial charge in [0, 0.05) is 19.5 Å². The predicted octanol–water partition coefficient (Wildman–Crippen LogP) is 3.23. The summed E-state index contributed by atoms with van der Waals surface area (Å²) >= 11 is 0. The van der Waals surface area contributed by atoms with Crippen molar-refractivity contribution in [1.29, 1.82) is 0 Å². The quantitative estimate of drug-likeness (QED) is 0.845. The Labute approximate surface area is 130 Å². The van der Waals surface area contributed by atoms with Gasteiger partial charge in [0.05, 0.1) is 0 Å². The van der Waals surface area contributed by atoms with Gasteiger partial charge in [-0.1, -0.05) is 26.2 Å². The Balaban J connectivity index is 0.00000200. The largest absolute Gasteiger partial charge is 0.343 e. The number of hydrogen-bond donors (Lipinski definition) is 1. The molecule has 0 radical (unpaired) electrons. The molecule has 1 heterocycles. The van der Waals surface area contributed by atoms with Crippen LogP contribution in [-0.4, -0.2) is 37.0 Å². The molecule has 0 aromatic heterocycles. The Kier molecular flexibility index (Phi) is 8.55. The standard InChI is InChI=1S/C16H30N2O.ClH/c1-2-17-13-15-8-10-18(11-9-15)16(19)12-14-6-4-3-5-7-14;/h14-15,17H,2-13H2,1H3;1H. The molecule has 0 spiro atoms. The van der Waals surface area contributed by atoms with Crippen LogP contribution in [0.25, 0.3) is 0 Å². The summed E-state index contributed by atoms with van der Waals surface area (Å²) in [4.78, 5) is 14.4. The zero-order chi connectivity index (χ0) is 13.5. The molecule has 1 N–H and O–H groups in total. The van der Waals surface area contributed by atoms with E-state index in [1.165, 1.54) is 44.9 Å². The summed E-state index contributed by atoms with van der Waals surface area (Å²) in [6.07, 6.45) is 9.79. The second-order valence-corrected chi connectivity index (χ2v) is 6.34. The van der Waals surface area contributed by atoms with Gasteiger partial charge in [0.2, 0.25) is 5.91 Å². The van der Waals surface area contributed by atoms with Crippen LogP contribution in [0.2, 0.25) is 0 Å². The van der Waals surface area contributed by atoms with E-state index in [9.17, 15) is 4.79 Å². The molecule has 1 amide bonds. The second kappa shape index (κ2) is 9.62. The van der Waals surface area contributed by atoms with Gasteiger partial charge in [-0.2, -0.15) is 0 Å². The molecule has 2 fully saturated rings. The summed E-state index contributed by atoms with van der Waals surface area (Å²) in [5, 5.41) is 3.42. The van der Waals surface area contributed by atoms with Crippen LogP contribution >= 0.6 is 12.4 Å². The molecule has 0 aromatic rings. The van der Waals surface area contributed by atoms with E-state index in [2.05, 4.69) is 17.1 Å². The molecule has 2 rings (SSSR count). The zero-order valence-corrected chi connectivity index (χ0v) is 13.7. The smallest absolute Gasteiger partial charge is 0.222 e. The lowest BCUT2D eigenvalue weighted by Gasteiger charge is -2.33. The van der Waals surface area contributed by atoms with Gasteiger partial charge in [0.25, 0.3) is 0 Å². The number of rotatable bonds is 5. The van der Waals surface area contributed by atoms with E-state index in [0.717, 1.165) is 38.5 Å². The third kappa shape index (κ3) is 5.61. The molecule has 3 nitrogen and oxygen atoms in total. The van der Waals surface area contributed by atoms with Crippen molar-refractivity contribution in [3.8, 4) is 0 Å². The Morgan fingerprint density at radius 1 is 1.05 bits per heavy atom. The average molecular weight is 303 g/mol. The van der Waals surface area contributed by atoms with E-state index < -0.39 is 0 Å². The Hall–Kier alpha value is -0.280. The fourth-order valence-electron chi connectivity index (χ4n) is 3.50.